The highest BCUT2D eigenvalue weighted by atomic mass is 127. The molecule has 0 saturated heterocycles. The van der Waals surface area contributed by atoms with E-state index in [4.69, 9.17) is 0 Å². The molecule has 5 nitrogen and oxygen atoms in total. The zero-order valence-electron chi connectivity index (χ0n) is 14.4. The molecule has 0 bridgehead atoms. The molecule has 136 valence electrons. The highest BCUT2D eigenvalue weighted by Crippen LogP contribution is 2.23. The molecule has 0 spiro atoms. The lowest BCUT2D eigenvalue weighted by atomic mass is 10.1. The maximum atomic E-state index is 12.4. The monoisotopic (exact) mass is 490 g/mol. The summed E-state index contributed by atoms with van der Waals surface area (Å²) in [6.45, 7) is 4.61. The third-order valence-electron chi connectivity index (χ3n) is 4.18. The standard InChI is InChI=1S/C17H22N4OS2.HI/c1-12-4-7-24-15(12)9-19-17(18-2)20-10-16(22)21-6-3-14-13(11-21)5-8-23-14;/h4-5,7-8H,3,6,9-11H2,1-2H3,(H2,18,19,20);1H. The predicted octanol–water partition coefficient (Wildman–Crippen LogP) is 2.99. The molecule has 2 aromatic heterocycles. The second-order valence-corrected chi connectivity index (χ2v) is 7.74. The van der Waals surface area contributed by atoms with Gasteiger partial charge in [-0.2, -0.15) is 0 Å². The van der Waals surface area contributed by atoms with Crippen LogP contribution in [0.5, 0.6) is 0 Å². The summed E-state index contributed by atoms with van der Waals surface area (Å²) in [5.74, 6) is 0.770. The van der Waals surface area contributed by atoms with Crippen LogP contribution in [0, 0.1) is 6.92 Å². The van der Waals surface area contributed by atoms with Gasteiger partial charge in [0.1, 0.15) is 0 Å². The number of hydrogen-bond acceptors (Lipinski definition) is 4. The van der Waals surface area contributed by atoms with Gasteiger partial charge in [0.25, 0.3) is 0 Å². The summed E-state index contributed by atoms with van der Waals surface area (Å²) in [4.78, 5) is 21.2. The maximum absolute atomic E-state index is 12.4. The van der Waals surface area contributed by atoms with Gasteiger partial charge in [0.05, 0.1) is 13.1 Å². The van der Waals surface area contributed by atoms with E-state index in [1.165, 1.54) is 20.9 Å². The van der Waals surface area contributed by atoms with E-state index in [1.54, 1.807) is 29.7 Å². The average molecular weight is 490 g/mol. The van der Waals surface area contributed by atoms with Gasteiger partial charge in [-0.05, 0) is 47.4 Å². The van der Waals surface area contributed by atoms with Crippen molar-refractivity contribution in [3.8, 4) is 0 Å². The van der Waals surface area contributed by atoms with Crippen molar-refractivity contribution in [2.45, 2.75) is 26.4 Å². The molecule has 0 radical (unpaired) electrons. The molecular weight excluding hydrogens is 467 g/mol. The van der Waals surface area contributed by atoms with E-state index in [0.717, 1.165) is 26.1 Å². The third kappa shape index (κ3) is 5.18. The minimum absolute atomic E-state index is 0. The minimum Gasteiger partial charge on any atom is -0.352 e. The number of nitrogens with one attached hydrogen (secondary N) is 2. The van der Waals surface area contributed by atoms with Crippen LogP contribution in [0.15, 0.2) is 27.9 Å². The van der Waals surface area contributed by atoms with Gasteiger partial charge in [-0.15, -0.1) is 46.7 Å². The predicted molar refractivity (Wildman–Crippen MR) is 116 cm³/mol. The van der Waals surface area contributed by atoms with Crippen LogP contribution in [-0.2, 0) is 24.3 Å². The highest BCUT2D eigenvalue weighted by Gasteiger charge is 2.21. The van der Waals surface area contributed by atoms with Crippen molar-refractivity contribution in [1.29, 1.82) is 0 Å². The van der Waals surface area contributed by atoms with Gasteiger partial charge >= 0.3 is 0 Å². The molecule has 0 saturated carbocycles. The minimum atomic E-state index is 0. The molecule has 1 aliphatic heterocycles. The fraction of sp³-hybridized carbons (Fsp3) is 0.412. The molecule has 1 aliphatic rings. The lowest BCUT2D eigenvalue weighted by molar-refractivity contribution is -0.130. The summed E-state index contributed by atoms with van der Waals surface area (Å²) >= 11 is 3.51. The Balaban J connectivity index is 0.00000225. The summed E-state index contributed by atoms with van der Waals surface area (Å²) in [5.41, 5.74) is 2.56. The summed E-state index contributed by atoms with van der Waals surface area (Å²) in [6, 6.07) is 4.23. The molecule has 0 fully saturated rings. The molecule has 0 atom stereocenters. The van der Waals surface area contributed by atoms with E-state index in [-0.39, 0.29) is 36.4 Å². The number of carbonyl (C=O) groups is 1. The van der Waals surface area contributed by atoms with Crippen LogP contribution in [0.25, 0.3) is 0 Å². The molecule has 3 heterocycles. The molecule has 0 aliphatic carbocycles. The van der Waals surface area contributed by atoms with E-state index < -0.39 is 0 Å². The van der Waals surface area contributed by atoms with Gasteiger partial charge in [-0.25, -0.2) is 0 Å². The third-order valence-corrected chi connectivity index (χ3v) is 6.22. The number of aryl methyl sites for hydroxylation is 1. The number of fused-ring (bicyclic) bond motifs is 1. The fourth-order valence-corrected chi connectivity index (χ4v) is 4.44. The number of aliphatic imine (C=N–C) groups is 1. The summed E-state index contributed by atoms with van der Waals surface area (Å²) in [5, 5.41) is 10.6. The van der Waals surface area contributed by atoms with Crippen molar-refractivity contribution in [2.24, 2.45) is 4.99 Å². The number of halogens is 1. The number of carbonyl (C=O) groups excluding carboxylic acids is 1. The Morgan fingerprint density at radius 2 is 2.08 bits per heavy atom. The van der Waals surface area contributed by atoms with Crippen molar-refractivity contribution < 1.29 is 4.79 Å². The van der Waals surface area contributed by atoms with Gasteiger partial charge < -0.3 is 15.5 Å². The Morgan fingerprint density at radius 1 is 1.28 bits per heavy atom. The Labute approximate surface area is 173 Å². The molecule has 0 unspecified atom stereocenters. The first-order valence-electron chi connectivity index (χ1n) is 7.98. The van der Waals surface area contributed by atoms with Gasteiger partial charge in [0.15, 0.2) is 5.96 Å². The van der Waals surface area contributed by atoms with Gasteiger partial charge in [-0.3, -0.25) is 9.79 Å². The Hall–Kier alpha value is -1.13. The number of amides is 1. The SMILES string of the molecule is CN=C(NCC(=O)N1CCc2sccc2C1)NCc1sccc1C.I. The zero-order valence-corrected chi connectivity index (χ0v) is 18.3. The largest absolute Gasteiger partial charge is 0.352 e. The molecule has 25 heavy (non-hydrogen) atoms. The lowest BCUT2D eigenvalue weighted by Crippen LogP contribution is -2.45. The van der Waals surface area contributed by atoms with Gasteiger partial charge in [0.2, 0.25) is 5.91 Å². The van der Waals surface area contributed by atoms with Crippen molar-refractivity contribution in [3.05, 3.63) is 43.8 Å². The molecule has 8 heteroatoms. The fourth-order valence-electron chi connectivity index (χ4n) is 2.70. The topological polar surface area (TPSA) is 56.7 Å². The molecule has 0 aromatic carbocycles. The maximum Gasteiger partial charge on any atom is 0.242 e. The Morgan fingerprint density at radius 3 is 2.80 bits per heavy atom. The van der Waals surface area contributed by atoms with Crippen molar-refractivity contribution >= 4 is 58.5 Å². The Bertz CT molecular complexity index is 741. The average Bonchev–Trinajstić information content (AvgIpc) is 3.22. The summed E-state index contributed by atoms with van der Waals surface area (Å²) in [7, 11) is 1.72. The van der Waals surface area contributed by atoms with E-state index in [1.807, 2.05) is 4.90 Å². The van der Waals surface area contributed by atoms with E-state index in [9.17, 15) is 4.79 Å². The van der Waals surface area contributed by atoms with Crippen LogP contribution in [0.4, 0.5) is 0 Å². The molecule has 2 N–H and O–H groups in total. The van der Waals surface area contributed by atoms with Crippen LogP contribution in [-0.4, -0.2) is 36.9 Å². The summed E-state index contributed by atoms with van der Waals surface area (Å²) < 4.78 is 0. The summed E-state index contributed by atoms with van der Waals surface area (Å²) in [6.07, 6.45) is 0.962. The molecule has 3 rings (SSSR count). The van der Waals surface area contributed by atoms with E-state index in [2.05, 4.69) is 45.4 Å². The first kappa shape index (κ1) is 20.2. The zero-order chi connectivity index (χ0) is 16.9. The highest BCUT2D eigenvalue weighted by molar-refractivity contribution is 14.0. The van der Waals surface area contributed by atoms with Crippen molar-refractivity contribution in [2.75, 3.05) is 20.1 Å². The quantitative estimate of drug-likeness (QED) is 0.394. The lowest BCUT2D eigenvalue weighted by Gasteiger charge is -2.27. The number of rotatable bonds is 4. The van der Waals surface area contributed by atoms with Crippen LogP contribution in [0.3, 0.4) is 0 Å². The van der Waals surface area contributed by atoms with Crippen molar-refractivity contribution in [3.63, 3.8) is 0 Å². The molecule has 1 amide bonds. The number of nitrogens with zero attached hydrogens (tertiary/aromatic N) is 2. The number of thiophene rings is 2. The smallest absolute Gasteiger partial charge is 0.242 e. The molecular formula is C17H23IN4OS2. The van der Waals surface area contributed by atoms with Gasteiger partial charge in [0, 0.05) is 29.9 Å². The normalized spacial score (nSPS) is 13.8. The second kappa shape index (κ2) is 9.54. The first-order chi connectivity index (χ1) is 11.7. The first-order valence-corrected chi connectivity index (χ1v) is 9.74. The van der Waals surface area contributed by atoms with Crippen LogP contribution < -0.4 is 10.6 Å². The van der Waals surface area contributed by atoms with Crippen LogP contribution in [0.2, 0.25) is 0 Å². The van der Waals surface area contributed by atoms with Crippen LogP contribution in [0.1, 0.15) is 20.9 Å². The number of guanidine groups is 1. The van der Waals surface area contributed by atoms with Crippen molar-refractivity contribution in [1.82, 2.24) is 15.5 Å². The molecule has 2 aromatic rings. The second-order valence-electron chi connectivity index (χ2n) is 5.74. The van der Waals surface area contributed by atoms with E-state index >= 15 is 0 Å². The number of hydrogen-bond donors (Lipinski definition) is 2. The van der Waals surface area contributed by atoms with Crippen LogP contribution >= 0.6 is 46.7 Å². The van der Waals surface area contributed by atoms with Gasteiger partial charge in [-0.1, -0.05) is 0 Å². The van der Waals surface area contributed by atoms with E-state index in [0.29, 0.717) is 5.96 Å². The Kier molecular flexibility index (Phi) is 7.70.